The fourth-order valence-electron chi connectivity index (χ4n) is 2.78. The van der Waals surface area contributed by atoms with Crippen LogP contribution >= 0.6 is 0 Å². The predicted molar refractivity (Wildman–Crippen MR) is 105 cm³/mol. The lowest BCUT2D eigenvalue weighted by molar-refractivity contribution is 1.08. The highest BCUT2D eigenvalue weighted by molar-refractivity contribution is 5.66. The Labute approximate surface area is 153 Å². The maximum absolute atomic E-state index is 8.88. The van der Waals surface area contributed by atoms with Gasteiger partial charge >= 0.3 is 0 Å². The Morgan fingerprint density at radius 3 is 2.23 bits per heavy atom. The van der Waals surface area contributed by atoms with E-state index in [-0.39, 0.29) is 0 Å². The average molecular weight is 343 g/mol. The van der Waals surface area contributed by atoms with Crippen molar-refractivity contribution < 1.29 is 0 Å². The molecule has 0 saturated carbocycles. The summed E-state index contributed by atoms with van der Waals surface area (Å²) in [5, 5.41) is 15.5. The first-order valence-electron chi connectivity index (χ1n) is 8.71. The summed E-state index contributed by atoms with van der Waals surface area (Å²) in [5.41, 5.74) is 5.12. The normalized spacial score (nSPS) is 10.2. The second-order valence-corrected chi connectivity index (χ2v) is 5.86. The van der Waals surface area contributed by atoms with Crippen LogP contribution in [-0.2, 0) is 12.8 Å². The molecule has 0 fully saturated rings. The molecule has 0 bridgehead atoms. The van der Waals surface area contributed by atoms with E-state index in [0.29, 0.717) is 11.5 Å². The number of rotatable bonds is 6. The molecule has 2 N–H and O–H groups in total. The Morgan fingerprint density at radius 1 is 0.923 bits per heavy atom. The van der Waals surface area contributed by atoms with E-state index in [1.165, 1.54) is 11.1 Å². The minimum absolute atomic E-state index is 0.506. The van der Waals surface area contributed by atoms with Gasteiger partial charge in [0.2, 0.25) is 5.95 Å². The van der Waals surface area contributed by atoms with Gasteiger partial charge in [-0.15, -0.1) is 0 Å². The molecule has 2 aromatic carbocycles. The van der Waals surface area contributed by atoms with E-state index in [4.69, 9.17) is 5.26 Å². The van der Waals surface area contributed by atoms with Crippen molar-refractivity contribution in [2.45, 2.75) is 26.7 Å². The lowest BCUT2D eigenvalue weighted by atomic mass is 10.0. The molecule has 0 aliphatic carbocycles. The van der Waals surface area contributed by atoms with Crippen LogP contribution in [0.1, 0.15) is 30.5 Å². The van der Waals surface area contributed by atoms with Crippen molar-refractivity contribution in [3.63, 3.8) is 0 Å². The van der Waals surface area contributed by atoms with Gasteiger partial charge in [-0.2, -0.15) is 10.2 Å². The molecule has 3 rings (SSSR count). The van der Waals surface area contributed by atoms with Crippen LogP contribution in [0.2, 0.25) is 0 Å². The van der Waals surface area contributed by atoms with Crippen LogP contribution in [0.4, 0.5) is 23.1 Å². The molecule has 0 radical (unpaired) electrons. The molecule has 26 heavy (non-hydrogen) atoms. The second-order valence-electron chi connectivity index (χ2n) is 5.86. The van der Waals surface area contributed by atoms with Gasteiger partial charge in [-0.05, 0) is 54.3 Å². The molecular formula is C21H21N5. The fourth-order valence-corrected chi connectivity index (χ4v) is 2.78. The van der Waals surface area contributed by atoms with Gasteiger partial charge in [0.05, 0.1) is 11.6 Å². The van der Waals surface area contributed by atoms with E-state index >= 15 is 0 Å². The molecule has 0 unspecified atom stereocenters. The lowest BCUT2D eigenvalue weighted by Crippen LogP contribution is -2.04. The third kappa shape index (κ3) is 3.98. The van der Waals surface area contributed by atoms with Gasteiger partial charge in [-0.3, -0.25) is 0 Å². The van der Waals surface area contributed by atoms with Gasteiger partial charge in [-0.1, -0.05) is 32.0 Å². The molecule has 1 aromatic heterocycles. The number of hydrogen-bond acceptors (Lipinski definition) is 5. The Balaban J connectivity index is 1.83. The monoisotopic (exact) mass is 343 g/mol. The maximum atomic E-state index is 8.88. The molecule has 0 atom stereocenters. The van der Waals surface area contributed by atoms with Crippen LogP contribution < -0.4 is 10.6 Å². The molecule has 0 aliphatic heterocycles. The zero-order chi connectivity index (χ0) is 18.4. The Bertz CT molecular complexity index is 904. The highest BCUT2D eigenvalue weighted by Crippen LogP contribution is 2.26. The van der Waals surface area contributed by atoms with Crippen LogP contribution in [0, 0.1) is 11.3 Å². The summed E-state index contributed by atoms with van der Waals surface area (Å²) < 4.78 is 0. The van der Waals surface area contributed by atoms with Crippen molar-refractivity contribution in [2.75, 3.05) is 10.6 Å². The smallest absolute Gasteiger partial charge is 0.229 e. The second kappa shape index (κ2) is 8.13. The van der Waals surface area contributed by atoms with E-state index in [1.54, 1.807) is 18.3 Å². The van der Waals surface area contributed by atoms with Crippen molar-refractivity contribution in [2.24, 2.45) is 0 Å². The van der Waals surface area contributed by atoms with Gasteiger partial charge in [0.1, 0.15) is 5.82 Å². The number of aromatic nitrogens is 2. The molecule has 0 saturated heterocycles. The van der Waals surface area contributed by atoms with E-state index in [0.717, 1.165) is 30.0 Å². The van der Waals surface area contributed by atoms with Crippen molar-refractivity contribution in [3.05, 3.63) is 71.4 Å². The number of hydrogen-bond donors (Lipinski definition) is 2. The summed E-state index contributed by atoms with van der Waals surface area (Å²) in [6, 6.07) is 17.5. The number of nitrogens with one attached hydrogen (secondary N) is 2. The lowest BCUT2D eigenvalue weighted by Gasteiger charge is -2.15. The summed E-state index contributed by atoms with van der Waals surface area (Å²) in [7, 11) is 0. The zero-order valence-electron chi connectivity index (χ0n) is 15.0. The largest absolute Gasteiger partial charge is 0.340 e. The van der Waals surface area contributed by atoms with Crippen LogP contribution in [0.15, 0.2) is 54.7 Å². The first-order valence-corrected chi connectivity index (χ1v) is 8.71. The van der Waals surface area contributed by atoms with Crippen LogP contribution in [0.3, 0.4) is 0 Å². The standard InChI is InChI=1S/C21H21N5/c1-3-16-6-5-7-17(4-2)20(16)25-19-12-13-23-21(26-19)24-18-10-8-15(14-22)9-11-18/h5-13H,3-4H2,1-2H3,(H2,23,24,25,26). The Hall–Kier alpha value is -3.39. The molecule has 5 nitrogen and oxygen atoms in total. The molecule has 0 aliphatic rings. The van der Waals surface area contributed by atoms with Crippen molar-refractivity contribution >= 4 is 23.1 Å². The number of benzene rings is 2. The van der Waals surface area contributed by atoms with Crippen LogP contribution in [-0.4, -0.2) is 9.97 Å². The summed E-state index contributed by atoms with van der Waals surface area (Å²) in [4.78, 5) is 8.84. The molecular weight excluding hydrogens is 322 g/mol. The maximum Gasteiger partial charge on any atom is 0.229 e. The number of aryl methyl sites for hydroxylation is 2. The highest BCUT2D eigenvalue weighted by Gasteiger charge is 2.08. The van der Waals surface area contributed by atoms with Gasteiger partial charge in [0, 0.05) is 17.6 Å². The summed E-state index contributed by atoms with van der Waals surface area (Å²) in [5.74, 6) is 1.25. The highest BCUT2D eigenvalue weighted by atomic mass is 15.1. The number of nitrogens with zero attached hydrogens (tertiary/aromatic N) is 3. The molecule has 1 heterocycles. The number of para-hydroxylation sites is 1. The van der Waals surface area contributed by atoms with Gasteiger partial charge in [0.25, 0.3) is 0 Å². The van der Waals surface area contributed by atoms with Crippen molar-refractivity contribution in [1.29, 1.82) is 5.26 Å². The van der Waals surface area contributed by atoms with E-state index in [1.807, 2.05) is 18.2 Å². The van der Waals surface area contributed by atoms with E-state index in [2.05, 4.69) is 58.7 Å². The third-order valence-corrected chi connectivity index (χ3v) is 4.18. The van der Waals surface area contributed by atoms with Crippen molar-refractivity contribution in [3.8, 4) is 6.07 Å². The van der Waals surface area contributed by atoms with Crippen molar-refractivity contribution in [1.82, 2.24) is 9.97 Å². The predicted octanol–water partition coefficient (Wildman–Crippen LogP) is 4.96. The van der Waals surface area contributed by atoms with Gasteiger partial charge < -0.3 is 10.6 Å². The van der Waals surface area contributed by atoms with Gasteiger partial charge in [0.15, 0.2) is 0 Å². The summed E-state index contributed by atoms with van der Waals surface area (Å²) >= 11 is 0. The van der Waals surface area contributed by atoms with Crippen LogP contribution in [0.25, 0.3) is 0 Å². The molecule has 3 aromatic rings. The topological polar surface area (TPSA) is 73.6 Å². The quantitative estimate of drug-likeness (QED) is 0.662. The average Bonchev–Trinajstić information content (AvgIpc) is 2.69. The minimum Gasteiger partial charge on any atom is -0.340 e. The fraction of sp³-hybridized carbons (Fsp3) is 0.190. The Morgan fingerprint density at radius 2 is 1.62 bits per heavy atom. The molecule has 5 heteroatoms. The first-order chi connectivity index (χ1) is 12.7. The Kier molecular flexibility index (Phi) is 5.45. The van der Waals surface area contributed by atoms with E-state index < -0.39 is 0 Å². The first kappa shape index (κ1) is 17.4. The minimum atomic E-state index is 0.506. The molecule has 130 valence electrons. The molecule has 0 amide bonds. The summed E-state index contributed by atoms with van der Waals surface area (Å²) in [6.07, 6.45) is 3.64. The molecule has 0 spiro atoms. The SMILES string of the molecule is CCc1cccc(CC)c1Nc1ccnc(Nc2ccc(C#N)cc2)n1. The zero-order valence-corrected chi connectivity index (χ0v) is 15.0. The van der Waals surface area contributed by atoms with Crippen LogP contribution in [0.5, 0.6) is 0 Å². The summed E-state index contributed by atoms with van der Waals surface area (Å²) in [6.45, 7) is 4.30. The van der Waals surface area contributed by atoms with E-state index in [9.17, 15) is 0 Å². The third-order valence-electron chi connectivity index (χ3n) is 4.18. The number of anilines is 4. The van der Waals surface area contributed by atoms with Gasteiger partial charge in [-0.25, -0.2) is 4.98 Å². The number of nitriles is 1.